The number of nitro groups is 1. The van der Waals surface area contributed by atoms with Gasteiger partial charge in [0.2, 0.25) is 0 Å². The zero-order chi connectivity index (χ0) is 18.1. The summed E-state index contributed by atoms with van der Waals surface area (Å²) in [7, 11) is 1.43. The van der Waals surface area contributed by atoms with Crippen LogP contribution < -0.4 is 10.2 Å². The molecule has 1 aliphatic rings. The third-order valence-electron chi connectivity index (χ3n) is 3.63. The average Bonchev–Trinajstić information content (AvgIpc) is 2.86. The van der Waals surface area contributed by atoms with Gasteiger partial charge in [0, 0.05) is 11.6 Å². The van der Waals surface area contributed by atoms with Gasteiger partial charge in [-0.3, -0.25) is 29.9 Å². The predicted molar refractivity (Wildman–Crippen MR) is 84.1 cm³/mol. The third-order valence-corrected chi connectivity index (χ3v) is 3.63. The number of rotatable bonds is 4. The van der Waals surface area contributed by atoms with Crippen molar-refractivity contribution < 1.29 is 24.0 Å². The van der Waals surface area contributed by atoms with Crippen molar-refractivity contribution >= 4 is 23.4 Å². The molecule has 9 heteroatoms. The van der Waals surface area contributed by atoms with Gasteiger partial charge < -0.3 is 4.74 Å². The fourth-order valence-electron chi connectivity index (χ4n) is 2.45. The lowest BCUT2D eigenvalue weighted by molar-refractivity contribution is -0.385. The molecular weight excluding hydrogens is 330 g/mol. The fourth-order valence-corrected chi connectivity index (χ4v) is 2.45. The maximum atomic E-state index is 12.4. The van der Waals surface area contributed by atoms with E-state index in [-0.39, 0.29) is 16.7 Å². The fraction of sp³-hybridized carbons (Fsp3) is 0.0625. The third kappa shape index (κ3) is 2.67. The zero-order valence-corrected chi connectivity index (χ0v) is 12.9. The maximum Gasteiger partial charge on any atom is 0.287 e. The van der Waals surface area contributed by atoms with Crippen LogP contribution in [0.1, 0.15) is 31.1 Å². The van der Waals surface area contributed by atoms with Crippen LogP contribution in [-0.4, -0.2) is 34.8 Å². The first kappa shape index (κ1) is 16.1. The van der Waals surface area contributed by atoms with E-state index in [1.54, 1.807) is 12.1 Å². The number of amides is 3. The topological polar surface area (TPSA) is 119 Å². The standard InChI is InChI=1S/C16H11N3O6/c1-25-10-5-2-4-9(8-10)14(20)17-18-15(21)11-6-3-7-12(19(23)24)13(11)16(18)22/h2-8H,1H3,(H,17,20). The molecule has 0 fully saturated rings. The highest BCUT2D eigenvalue weighted by Gasteiger charge is 2.42. The van der Waals surface area contributed by atoms with Crippen molar-refractivity contribution in [1.82, 2.24) is 10.4 Å². The Balaban J connectivity index is 1.91. The molecule has 0 saturated carbocycles. The summed E-state index contributed by atoms with van der Waals surface area (Å²) >= 11 is 0. The molecule has 0 unspecified atom stereocenters. The van der Waals surface area contributed by atoms with E-state index >= 15 is 0 Å². The number of benzene rings is 2. The van der Waals surface area contributed by atoms with Gasteiger partial charge in [0.15, 0.2) is 0 Å². The second kappa shape index (κ2) is 6.04. The molecular formula is C16H11N3O6. The number of hydrogen-bond acceptors (Lipinski definition) is 6. The second-order valence-electron chi connectivity index (χ2n) is 5.08. The van der Waals surface area contributed by atoms with E-state index in [1.165, 1.54) is 31.4 Å². The smallest absolute Gasteiger partial charge is 0.287 e. The molecule has 1 N–H and O–H groups in total. The molecule has 0 aromatic heterocycles. The van der Waals surface area contributed by atoms with Crippen molar-refractivity contribution in [3.8, 4) is 5.75 Å². The predicted octanol–water partition coefficient (Wildman–Crippen LogP) is 1.54. The lowest BCUT2D eigenvalue weighted by Crippen LogP contribution is -2.45. The first-order valence-corrected chi connectivity index (χ1v) is 7.05. The van der Waals surface area contributed by atoms with Gasteiger partial charge >= 0.3 is 0 Å². The Kier molecular flexibility index (Phi) is 3.89. The summed E-state index contributed by atoms with van der Waals surface area (Å²) < 4.78 is 5.01. The molecule has 126 valence electrons. The van der Waals surface area contributed by atoms with Crippen molar-refractivity contribution in [2.75, 3.05) is 7.11 Å². The van der Waals surface area contributed by atoms with Crippen molar-refractivity contribution in [2.24, 2.45) is 0 Å². The van der Waals surface area contributed by atoms with Gasteiger partial charge in [0.25, 0.3) is 23.4 Å². The Hall–Kier alpha value is -3.75. The Morgan fingerprint density at radius 3 is 2.56 bits per heavy atom. The van der Waals surface area contributed by atoms with Crippen LogP contribution >= 0.6 is 0 Å². The number of methoxy groups -OCH3 is 1. The molecule has 9 nitrogen and oxygen atoms in total. The van der Waals surface area contributed by atoms with E-state index in [2.05, 4.69) is 5.43 Å². The number of ether oxygens (including phenoxy) is 1. The van der Waals surface area contributed by atoms with Gasteiger partial charge in [-0.15, -0.1) is 0 Å². The Labute approximate surface area is 140 Å². The number of fused-ring (bicyclic) bond motifs is 1. The van der Waals surface area contributed by atoms with Gasteiger partial charge in [-0.2, -0.15) is 5.01 Å². The number of carbonyl (C=O) groups excluding carboxylic acids is 3. The van der Waals surface area contributed by atoms with Crippen LogP contribution in [0.2, 0.25) is 0 Å². The van der Waals surface area contributed by atoms with Gasteiger partial charge in [0.1, 0.15) is 11.3 Å². The van der Waals surface area contributed by atoms with Crippen molar-refractivity contribution in [3.05, 3.63) is 69.3 Å². The number of nitrogens with zero attached hydrogens (tertiary/aromatic N) is 2. The zero-order valence-electron chi connectivity index (χ0n) is 12.9. The molecule has 2 aromatic rings. The molecule has 0 saturated heterocycles. The van der Waals surface area contributed by atoms with Crippen LogP contribution in [-0.2, 0) is 0 Å². The van der Waals surface area contributed by atoms with E-state index in [9.17, 15) is 24.5 Å². The minimum Gasteiger partial charge on any atom is -0.497 e. The molecule has 0 spiro atoms. The van der Waals surface area contributed by atoms with Crippen molar-refractivity contribution in [1.29, 1.82) is 0 Å². The molecule has 0 atom stereocenters. The number of carbonyl (C=O) groups is 3. The summed E-state index contributed by atoms with van der Waals surface area (Å²) in [5, 5.41) is 11.5. The number of hydrogen-bond donors (Lipinski definition) is 1. The Morgan fingerprint density at radius 2 is 1.88 bits per heavy atom. The summed E-state index contributed by atoms with van der Waals surface area (Å²) in [5.74, 6) is -2.09. The van der Waals surface area contributed by atoms with Gasteiger partial charge in [-0.05, 0) is 24.3 Å². The molecule has 1 aliphatic heterocycles. The van der Waals surface area contributed by atoms with Crippen LogP contribution in [0.25, 0.3) is 0 Å². The summed E-state index contributed by atoms with van der Waals surface area (Å²) in [6.45, 7) is 0. The normalized spacial score (nSPS) is 12.8. The number of hydrazine groups is 1. The number of nitrogens with one attached hydrogen (secondary N) is 1. The van der Waals surface area contributed by atoms with E-state index in [1.807, 2.05) is 0 Å². The van der Waals surface area contributed by atoms with Crippen LogP contribution in [0.3, 0.4) is 0 Å². The molecule has 25 heavy (non-hydrogen) atoms. The lowest BCUT2D eigenvalue weighted by atomic mass is 10.1. The number of nitro benzene ring substituents is 1. The highest BCUT2D eigenvalue weighted by atomic mass is 16.6. The molecule has 2 aromatic carbocycles. The summed E-state index contributed by atoms with van der Waals surface area (Å²) in [6.07, 6.45) is 0. The van der Waals surface area contributed by atoms with E-state index in [0.717, 1.165) is 6.07 Å². The van der Waals surface area contributed by atoms with Crippen LogP contribution in [0.5, 0.6) is 5.75 Å². The van der Waals surface area contributed by atoms with Gasteiger partial charge in [-0.25, -0.2) is 0 Å². The summed E-state index contributed by atoms with van der Waals surface area (Å²) in [6, 6.07) is 9.81. The first-order valence-electron chi connectivity index (χ1n) is 7.05. The molecule has 0 radical (unpaired) electrons. The van der Waals surface area contributed by atoms with E-state index in [4.69, 9.17) is 4.74 Å². The lowest BCUT2D eigenvalue weighted by Gasteiger charge is -2.15. The van der Waals surface area contributed by atoms with E-state index in [0.29, 0.717) is 10.8 Å². The monoisotopic (exact) mass is 341 g/mol. The van der Waals surface area contributed by atoms with Crippen LogP contribution in [0.4, 0.5) is 5.69 Å². The summed E-state index contributed by atoms with van der Waals surface area (Å²) in [5.41, 5.74) is 1.36. The van der Waals surface area contributed by atoms with Crippen molar-refractivity contribution in [3.63, 3.8) is 0 Å². The highest BCUT2D eigenvalue weighted by Crippen LogP contribution is 2.29. The quantitative estimate of drug-likeness (QED) is 0.512. The second-order valence-corrected chi connectivity index (χ2v) is 5.08. The van der Waals surface area contributed by atoms with Gasteiger partial charge in [-0.1, -0.05) is 12.1 Å². The minimum atomic E-state index is -0.955. The van der Waals surface area contributed by atoms with Crippen molar-refractivity contribution in [2.45, 2.75) is 0 Å². The first-order chi connectivity index (χ1) is 11.9. The molecule has 0 bridgehead atoms. The van der Waals surface area contributed by atoms with Crippen LogP contribution in [0, 0.1) is 10.1 Å². The Morgan fingerprint density at radius 1 is 1.16 bits per heavy atom. The largest absolute Gasteiger partial charge is 0.497 e. The van der Waals surface area contributed by atoms with E-state index < -0.39 is 28.3 Å². The summed E-state index contributed by atoms with van der Waals surface area (Å²) in [4.78, 5) is 47.3. The minimum absolute atomic E-state index is 0.134. The molecule has 3 rings (SSSR count). The molecule has 3 amide bonds. The highest BCUT2D eigenvalue weighted by molar-refractivity contribution is 6.23. The SMILES string of the molecule is COc1cccc(C(=O)NN2C(=O)c3cccc([N+](=O)[O-])c3C2=O)c1. The maximum absolute atomic E-state index is 12.4. The number of imide groups is 1. The molecule has 1 heterocycles. The Bertz CT molecular complexity index is 924. The van der Waals surface area contributed by atoms with Gasteiger partial charge in [0.05, 0.1) is 17.6 Å². The van der Waals surface area contributed by atoms with Crippen LogP contribution in [0.15, 0.2) is 42.5 Å². The molecule has 0 aliphatic carbocycles. The average molecular weight is 341 g/mol.